The van der Waals surface area contributed by atoms with Crippen LogP contribution in [-0.2, 0) is 16.1 Å². The fourth-order valence-corrected chi connectivity index (χ4v) is 4.15. The van der Waals surface area contributed by atoms with Gasteiger partial charge in [0.1, 0.15) is 6.61 Å². The normalized spacial score (nSPS) is 29.0. The van der Waals surface area contributed by atoms with Gasteiger partial charge in [0.25, 0.3) is 0 Å². The molecule has 23 heavy (non-hydrogen) atoms. The van der Waals surface area contributed by atoms with E-state index >= 15 is 0 Å². The average molecular weight is 317 g/mol. The maximum Gasteiger partial charge on any atom is 0.407 e. The maximum absolute atomic E-state index is 11.9. The summed E-state index contributed by atoms with van der Waals surface area (Å²) in [7, 11) is 0. The Balaban J connectivity index is 1.53. The van der Waals surface area contributed by atoms with Crippen molar-refractivity contribution in [3.63, 3.8) is 0 Å². The van der Waals surface area contributed by atoms with Crippen molar-refractivity contribution in [1.29, 1.82) is 0 Å². The summed E-state index contributed by atoms with van der Waals surface area (Å²) in [6.45, 7) is 0.348. The Hall–Kier alpha value is -2.04. The number of fused-ring (bicyclic) bond motifs is 2. The van der Waals surface area contributed by atoms with Crippen molar-refractivity contribution in [2.45, 2.75) is 38.7 Å². The summed E-state index contributed by atoms with van der Waals surface area (Å²) < 4.78 is 5.17. The SMILES string of the molecule is O=C(NCC1(C(=O)O)CC2CCC(C2)C1)OCc1ccccc1. The highest BCUT2D eigenvalue weighted by Gasteiger charge is 2.48. The lowest BCUT2D eigenvalue weighted by molar-refractivity contribution is -0.152. The molecule has 0 saturated heterocycles. The molecule has 3 rings (SSSR count). The van der Waals surface area contributed by atoms with E-state index in [-0.39, 0.29) is 13.2 Å². The monoisotopic (exact) mass is 317 g/mol. The van der Waals surface area contributed by atoms with Crippen molar-refractivity contribution in [3.8, 4) is 0 Å². The molecule has 0 aliphatic heterocycles. The lowest BCUT2D eigenvalue weighted by atomic mass is 9.69. The van der Waals surface area contributed by atoms with Gasteiger partial charge in [-0.15, -0.1) is 0 Å². The maximum atomic E-state index is 11.9. The van der Waals surface area contributed by atoms with E-state index in [2.05, 4.69) is 5.32 Å². The molecule has 0 heterocycles. The highest BCUT2D eigenvalue weighted by Crippen LogP contribution is 2.50. The molecule has 124 valence electrons. The van der Waals surface area contributed by atoms with Gasteiger partial charge in [-0.3, -0.25) is 4.79 Å². The second-order valence-electron chi connectivity index (χ2n) is 6.95. The zero-order valence-electron chi connectivity index (χ0n) is 13.2. The lowest BCUT2D eigenvalue weighted by Crippen LogP contribution is -2.46. The van der Waals surface area contributed by atoms with Crippen LogP contribution in [0.1, 0.15) is 37.7 Å². The number of alkyl carbamates (subject to hydrolysis) is 1. The van der Waals surface area contributed by atoms with E-state index in [1.54, 1.807) is 0 Å². The van der Waals surface area contributed by atoms with Crippen LogP contribution >= 0.6 is 0 Å². The number of hydrogen-bond acceptors (Lipinski definition) is 3. The molecule has 1 aromatic rings. The van der Waals surface area contributed by atoms with Gasteiger partial charge >= 0.3 is 12.1 Å². The van der Waals surface area contributed by atoms with Gasteiger partial charge in [0, 0.05) is 6.54 Å². The smallest absolute Gasteiger partial charge is 0.407 e. The van der Waals surface area contributed by atoms with Crippen LogP contribution in [0.3, 0.4) is 0 Å². The van der Waals surface area contributed by atoms with Gasteiger partial charge in [-0.2, -0.15) is 0 Å². The first-order valence-electron chi connectivity index (χ1n) is 8.25. The largest absolute Gasteiger partial charge is 0.481 e. The summed E-state index contributed by atoms with van der Waals surface area (Å²) in [5.41, 5.74) is 0.0851. The minimum Gasteiger partial charge on any atom is -0.481 e. The number of carbonyl (C=O) groups excluding carboxylic acids is 1. The lowest BCUT2D eigenvalue weighted by Gasteiger charge is -2.37. The number of amides is 1. The van der Waals surface area contributed by atoms with Gasteiger partial charge in [-0.1, -0.05) is 43.2 Å². The Bertz CT molecular complexity index is 560. The molecule has 2 fully saturated rings. The van der Waals surface area contributed by atoms with Crippen LogP contribution in [0.5, 0.6) is 0 Å². The number of aliphatic carboxylic acids is 1. The van der Waals surface area contributed by atoms with Gasteiger partial charge in [0.05, 0.1) is 5.41 Å². The van der Waals surface area contributed by atoms with Crippen molar-refractivity contribution >= 4 is 12.1 Å². The van der Waals surface area contributed by atoms with Crippen LogP contribution in [0.25, 0.3) is 0 Å². The van der Waals surface area contributed by atoms with E-state index in [0.717, 1.165) is 24.8 Å². The summed E-state index contributed by atoms with van der Waals surface area (Å²) >= 11 is 0. The standard InChI is InChI=1S/C18H23NO4/c20-16(21)18(9-14-6-7-15(8-14)10-18)12-19-17(22)23-11-13-4-2-1-3-5-13/h1-5,14-15H,6-12H2,(H,19,22)(H,20,21). The fraction of sp³-hybridized carbons (Fsp3) is 0.556. The summed E-state index contributed by atoms with van der Waals surface area (Å²) in [5, 5.41) is 12.4. The third-order valence-electron chi connectivity index (χ3n) is 5.25. The number of hydrogen-bond donors (Lipinski definition) is 2. The summed E-state index contributed by atoms with van der Waals surface area (Å²) in [4.78, 5) is 23.7. The van der Waals surface area contributed by atoms with E-state index in [0.29, 0.717) is 24.7 Å². The van der Waals surface area contributed by atoms with E-state index < -0.39 is 17.5 Å². The molecule has 2 unspecified atom stereocenters. The number of ether oxygens (including phenoxy) is 1. The highest BCUT2D eigenvalue weighted by molar-refractivity contribution is 5.76. The van der Waals surface area contributed by atoms with Crippen molar-refractivity contribution in [1.82, 2.24) is 5.32 Å². The first-order valence-corrected chi connectivity index (χ1v) is 8.25. The van der Waals surface area contributed by atoms with Crippen LogP contribution in [0.4, 0.5) is 4.79 Å². The van der Waals surface area contributed by atoms with Crippen molar-refractivity contribution in [2.24, 2.45) is 17.3 Å². The number of nitrogens with one attached hydrogen (secondary N) is 1. The fourth-order valence-electron chi connectivity index (χ4n) is 4.15. The first kappa shape index (κ1) is 15.8. The summed E-state index contributed by atoms with van der Waals surface area (Å²) in [6, 6.07) is 9.43. The first-order chi connectivity index (χ1) is 11.1. The molecule has 2 N–H and O–H groups in total. The van der Waals surface area contributed by atoms with Gasteiger partial charge in [0.2, 0.25) is 0 Å². The molecule has 0 radical (unpaired) electrons. The number of carboxylic acids is 1. The second-order valence-corrected chi connectivity index (χ2v) is 6.95. The molecule has 0 aromatic heterocycles. The number of rotatable bonds is 5. The zero-order chi connectivity index (χ0) is 16.3. The molecule has 2 aliphatic carbocycles. The molecular weight excluding hydrogens is 294 g/mol. The molecule has 2 atom stereocenters. The Labute approximate surface area is 136 Å². The Morgan fingerprint density at radius 1 is 1.17 bits per heavy atom. The number of carboxylic acid groups (broad SMARTS) is 1. The van der Waals surface area contributed by atoms with Crippen molar-refractivity contribution < 1.29 is 19.4 Å². The van der Waals surface area contributed by atoms with E-state index in [1.807, 2.05) is 30.3 Å². The van der Waals surface area contributed by atoms with Gasteiger partial charge in [-0.25, -0.2) is 4.79 Å². The van der Waals surface area contributed by atoms with Crippen LogP contribution in [0.2, 0.25) is 0 Å². The van der Waals surface area contributed by atoms with Crippen LogP contribution in [-0.4, -0.2) is 23.7 Å². The minimum absolute atomic E-state index is 0.156. The van der Waals surface area contributed by atoms with E-state index in [4.69, 9.17) is 4.74 Å². The predicted octanol–water partition coefficient (Wildman–Crippen LogP) is 3.19. The molecule has 2 bridgehead atoms. The number of benzene rings is 1. The van der Waals surface area contributed by atoms with Gasteiger partial charge in [0.15, 0.2) is 0 Å². The second kappa shape index (κ2) is 6.60. The molecule has 5 nitrogen and oxygen atoms in total. The summed E-state index contributed by atoms with van der Waals surface area (Å²) in [5.74, 6) is 0.191. The molecule has 2 aliphatic rings. The Kier molecular flexibility index (Phi) is 4.55. The van der Waals surface area contributed by atoms with Crippen molar-refractivity contribution in [3.05, 3.63) is 35.9 Å². The Morgan fingerprint density at radius 2 is 1.83 bits per heavy atom. The average Bonchev–Trinajstić information content (AvgIpc) is 2.90. The van der Waals surface area contributed by atoms with E-state index in [9.17, 15) is 14.7 Å². The molecular formula is C18H23NO4. The zero-order valence-corrected chi connectivity index (χ0v) is 13.2. The quantitative estimate of drug-likeness (QED) is 0.874. The third-order valence-corrected chi connectivity index (χ3v) is 5.25. The van der Waals surface area contributed by atoms with E-state index in [1.165, 1.54) is 0 Å². The van der Waals surface area contributed by atoms with Crippen LogP contribution < -0.4 is 5.32 Å². The predicted molar refractivity (Wildman–Crippen MR) is 84.8 cm³/mol. The third kappa shape index (κ3) is 3.66. The van der Waals surface area contributed by atoms with Crippen molar-refractivity contribution in [2.75, 3.05) is 6.54 Å². The van der Waals surface area contributed by atoms with Gasteiger partial charge < -0.3 is 15.2 Å². The Morgan fingerprint density at radius 3 is 2.43 bits per heavy atom. The highest BCUT2D eigenvalue weighted by atomic mass is 16.5. The molecule has 2 saturated carbocycles. The summed E-state index contributed by atoms with van der Waals surface area (Å²) in [6.07, 6.45) is 4.17. The molecule has 5 heteroatoms. The van der Waals surface area contributed by atoms with Crippen LogP contribution in [0.15, 0.2) is 30.3 Å². The molecule has 1 aromatic carbocycles. The van der Waals surface area contributed by atoms with Crippen LogP contribution in [0, 0.1) is 17.3 Å². The topological polar surface area (TPSA) is 75.6 Å². The minimum atomic E-state index is -0.824. The molecule has 0 spiro atoms. The molecule has 1 amide bonds. The number of carbonyl (C=O) groups is 2. The van der Waals surface area contributed by atoms with Gasteiger partial charge in [-0.05, 0) is 36.7 Å².